The van der Waals surface area contributed by atoms with E-state index in [1.807, 2.05) is 0 Å². The summed E-state index contributed by atoms with van der Waals surface area (Å²) in [6.07, 6.45) is 4.43. The second-order valence-electron chi connectivity index (χ2n) is 5.62. The molecule has 1 atom stereocenters. The second kappa shape index (κ2) is 8.11. The fraction of sp³-hybridized carbons (Fsp3) is 0.714. The normalized spacial score (nSPS) is 26.5. The van der Waals surface area contributed by atoms with E-state index in [-0.39, 0.29) is 12.8 Å². The molecule has 1 amide bonds. The maximum absolute atomic E-state index is 12.3. The molecular formula is C14H22N4O4. The number of carbonyl (C=O) groups excluding carboxylic acids is 4. The maximum Gasteiger partial charge on any atom is 0.305 e. The van der Waals surface area contributed by atoms with E-state index in [4.69, 9.17) is 0 Å². The van der Waals surface area contributed by atoms with Crippen molar-refractivity contribution in [2.75, 3.05) is 6.54 Å². The van der Waals surface area contributed by atoms with Gasteiger partial charge in [-0.25, -0.2) is 10.4 Å². The molecule has 1 aliphatic carbocycles. The zero-order valence-electron chi connectivity index (χ0n) is 12.5. The van der Waals surface area contributed by atoms with E-state index in [1.54, 1.807) is 0 Å². The lowest BCUT2D eigenvalue weighted by Crippen LogP contribution is -2.61. The molecule has 0 aromatic carbocycles. The Kier molecular flexibility index (Phi) is 6.17. The van der Waals surface area contributed by atoms with Crippen LogP contribution in [0.15, 0.2) is 0 Å². The zero-order chi connectivity index (χ0) is 15.9. The molecule has 8 heteroatoms. The maximum atomic E-state index is 12.3. The van der Waals surface area contributed by atoms with Gasteiger partial charge in [0.15, 0.2) is 0 Å². The standard InChI is InChI=1S/C14H22N4O4/c19-11-7-4-2-1-3-6-10(13(11)21)18-14(22)12(20)8-5-9-15-16-17-18/h10,15-17H,1-9H2. The van der Waals surface area contributed by atoms with E-state index in [2.05, 4.69) is 16.5 Å². The number of rotatable bonds is 1. The highest BCUT2D eigenvalue weighted by molar-refractivity contribution is 6.41. The zero-order valence-corrected chi connectivity index (χ0v) is 12.5. The predicted molar refractivity (Wildman–Crippen MR) is 76.9 cm³/mol. The second-order valence-corrected chi connectivity index (χ2v) is 5.62. The molecule has 0 aromatic heterocycles. The lowest BCUT2D eigenvalue weighted by Gasteiger charge is -2.29. The van der Waals surface area contributed by atoms with Gasteiger partial charge in [0.25, 0.3) is 0 Å². The summed E-state index contributed by atoms with van der Waals surface area (Å²) < 4.78 is 0. The molecule has 122 valence electrons. The minimum atomic E-state index is -0.936. The van der Waals surface area contributed by atoms with Gasteiger partial charge in [-0.3, -0.25) is 19.2 Å². The van der Waals surface area contributed by atoms with Crippen LogP contribution in [0.25, 0.3) is 0 Å². The molecule has 1 unspecified atom stereocenters. The van der Waals surface area contributed by atoms with Gasteiger partial charge in [-0.2, -0.15) is 11.1 Å². The van der Waals surface area contributed by atoms with Crippen molar-refractivity contribution in [3.63, 3.8) is 0 Å². The van der Waals surface area contributed by atoms with Gasteiger partial charge in [0.05, 0.1) is 0 Å². The summed E-state index contributed by atoms with van der Waals surface area (Å²) in [7, 11) is 0. The van der Waals surface area contributed by atoms with Gasteiger partial charge in [-0.15, -0.1) is 0 Å². The summed E-state index contributed by atoms with van der Waals surface area (Å²) in [6, 6.07) is -0.936. The summed E-state index contributed by atoms with van der Waals surface area (Å²) in [5.41, 5.74) is 7.96. The molecule has 1 saturated carbocycles. The van der Waals surface area contributed by atoms with Crippen LogP contribution in [-0.2, 0) is 19.2 Å². The van der Waals surface area contributed by atoms with Crippen LogP contribution in [0.3, 0.4) is 0 Å². The van der Waals surface area contributed by atoms with E-state index in [0.717, 1.165) is 24.3 Å². The minimum Gasteiger partial charge on any atom is -0.291 e. The van der Waals surface area contributed by atoms with E-state index >= 15 is 0 Å². The van der Waals surface area contributed by atoms with Crippen LogP contribution in [0.5, 0.6) is 0 Å². The van der Waals surface area contributed by atoms with Crippen molar-refractivity contribution >= 4 is 23.3 Å². The van der Waals surface area contributed by atoms with E-state index < -0.39 is 29.3 Å². The quantitative estimate of drug-likeness (QED) is 0.563. The van der Waals surface area contributed by atoms with Crippen molar-refractivity contribution in [3.8, 4) is 0 Å². The number of amides is 1. The Bertz CT molecular complexity index is 424. The van der Waals surface area contributed by atoms with Crippen LogP contribution in [0.2, 0.25) is 0 Å². The average molecular weight is 310 g/mol. The molecule has 2 fully saturated rings. The first-order valence-corrected chi connectivity index (χ1v) is 7.78. The smallest absolute Gasteiger partial charge is 0.291 e. The van der Waals surface area contributed by atoms with Crippen molar-refractivity contribution in [3.05, 3.63) is 0 Å². The molecule has 0 aromatic rings. The highest BCUT2D eigenvalue weighted by atomic mass is 16.2. The molecule has 22 heavy (non-hydrogen) atoms. The van der Waals surface area contributed by atoms with Crippen LogP contribution < -0.4 is 16.5 Å². The summed E-state index contributed by atoms with van der Waals surface area (Å²) in [5, 5.41) is 0.978. The first-order valence-electron chi connectivity index (χ1n) is 7.78. The third kappa shape index (κ3) is 4.19. The SMILES string of the molecule is O=C1CCCCCCC(N2NNNCCCC(=O)C2=O)C1=O. The minimum absolute atomic E-state index is 0.112. The summed E-state index contributed by atoms with van der Waals surface area (Å²) in [4.78, 5) is 48.5. The molecule has 0 spiro atoms. The van der Waals surface area contributed by atoms with Gasteiger partial charge >= 0.3 is 5.91 Å². The van der Waals surface area contributed by atoms with E-state index in [9.17, 15) is 19.2 Å². The molecular weight excluding hydrogens is 288 g/mol. The number of hydrogen-bond acceptors (Lipinski definition) is 7. The van der Waals surface area contributed by atoms with Gasteiger partial charge in [0, 0.05) is 19.4 Å². The Morgan fingerprint density at radius 1 is 0.864 bits per heavy atom. The molecule has 2 aliphatic rings. The molecule has 1 saturated heterocycles. The van der Waals surface area contributed by atoms with Crippen molar-refractivity contribution in [1.82, 2.24) is 21.5 Å². The number of nitrogens with one attached hydrogen (secondary N) is 3. The lowest BCUT2D eigenvalue weighted by molar-refractivity contribution is -0.154. The highest BCUT2D eigenvalue weighted by Crippen LogP contribution is 2.17. The monoisotopic (exact) mass is 310 g/mol. The lowest BCUT2D eigenvalue weighted by atomic mass is 10.0. The fourth-order valence-electron chi connectivity index (χ4n) is 2.67. The van der Waals surface area contributed by atoms with Gasteiger partial charge in [-0.1, -0.05) is 19.3 Å². The van der Waals surface area contributed by atoms with Crippen LogP contribution in [0, 0.1) is 0 Å². The summed E-state index contributed by atoms with van der Waals surface area (Å²) in [6.45, 7) is 0.511. The first-order chi connectivity index (χ1) is 10.6. The average Bonchev–Trinajstić information content (AvgIpc) is 2.64. The third-order valence-corrected chi connectivity index (χ3v) is 3.95. The number of Topliss-reactive ketones (excluding diaryl/α,β-unsaturated/α-hetero) is 3. The topological polar surface area (TPSA) is 108 Å². The van der Waals surface area contributed by atoms with Crippen LogP contribution in [0.1, 0.15) is 51.4 Å². The highest BCUT2D eigenvalue weighted by Gasteiger charge is 2.36. The van der Waals surface area contributed by atoms with Crippen LogP contribution >= 0.6 is 0 Å². The Balaban J connectivity index is 2.21. The van der Waals surface area contributed by atoms with Crippen molar-refractivity contribution in [1.29, 1.82) is 0 Å². The van der Waals surface area contributed by atoms with Crippen molar-refractivity contribution < 1.29 is 19.2 Å². The van der Waals surface area contributed by atoms with Crippen LogP contribution in [0.4, 0.5) is 0 Å². The molecule has 8 nitrogen and oxygen atoms in total. The molecule has 2 rings (SSSR count). The third-order valence-electron chi connectivity index (χ3n) is 3.95. The number of ketones is 3. The fourth-order valence-corrected chi connectivity index (χ4v) is 2.67. The first kappa shape index (κ1) is 16.7. The largest absolute Gasteiger partial charge is 0.305 e. The number of hydrogen-bond donors (Lipinski definition) is 3. The van der Waals surface area contributed by atoms with E-state index in [1.165, 1.54) is 0 Å². The Hall–Kier alpha value is -1.64. The molecule has 3 N–H and O–H groups in total. The number of carbonyl (C=O) groups is 4. The van der Waals surface area contributed by atoms with Crippen LogP contribution in [-0.4, -0.2) is 40.9 Å². The van der Waals surface area contributed by atoms with Gasteiger partial charge in [-0.05, 0) is 19.3 Å². The molecule has 0 bridgehead atoms. The predicted octanol–water partition coefficient (Wildman–Crippen LogP) is -0.447. The summed E-state index contributed by atoms with van der Waals surface area (Å²) >= 11 is 0. The van der Waals surface area contributed by atoms with Gasteiger partial charge < -0.3 is 0 Å². The van der Waals surface area contributed by atoms with E-state index in [0.29, 0.717) is 25.8 Å². The van der Waals surface area contributed by atoms with Crippen molar-refractivity contribution in [2.24, 2.45) is 0 Å². The Morgan fingerprint density at radius 3 is 2.41 bits per heavy atom. The van der Waals surface area contributed by atoms with Gasteiger partial charge in [0.2, 0.25) is 17.3 Å². The molecule has 1 aliphatic heterocycles. The number of hydrazine groups is 3. The molecule has 1 heterocycles. The Labute approximate surface area is 128 Å². The molecule has 0 radical (unpaired) electrons. The Morgan fingerprint density at radius 2 is 1.59 bits per heavy atom. The number of nitrogens with zero attached hydrogens (tertiary/aromatic N) is 1. The van der Waals surface area contributed by atoms with Crippen molar-refractivity contribution in [2.45, 2.75) is 57.4 Å². The summed E-state index contributed by atoms with van der Waals surface area (Å²) in [5.74, 6) is -2.40. The van der Waals surface area contributed by atoms with Gasteiger partial charge in [0.1, 0.15) is 6.04 Å².